The molecule has 0 saturated heterocycles. The van der Waals surface area contributed by atoms with Gasteiger partial charge in [0.25, 0.3) is 5.91 Å². The molecule has 0 aliphatic heterocycles. The van der Waals surface area contributed by atoms with Crippen LogP contribution in [0, 0.1) is 0 Å². The molecule has 39 heavy (non-hydrogen) atoms. The van der Waals surface area contributed by atoms with Gasteiger partial charge in [-0.25, -0.2) is 4.68 Å². The average Bonchev–Trinajstić information content (AvgIpc) is 3.34. The number of hydrogen-bond donors (Lipinski definition) is 1. The number of carbonyl (C=O) groups is 2. The van der Waals surface area contributed by atoms with Gasteiger partial charge in [0.2, 0.25) is 5.91 Å². The van der Waals surface area contributed by atoms with Crippen LogP contribution >= 0.6 is 23.2 Å². The van der Waals surface area contributed by atoms with E-state index in [4.69, 9.17) is 33.0 Å². The maximum Gasteiger partial charge on any atom is 0.254 e. The second kappa shape index (κ2) is 11.9. The van der Waals surface area contributed by atoms with Gasteiger partial charge < -0.3 is 15.0 Å². The van der Waals surface area contributed by atoms with Crippen LogP contribution in [-0.4, -0.2) is 40.1 Å². The Hall–Kier alpha value is -3.81. The zero-order valence-corrected chi connectivity index (χ0v) is 23.8. The van der Waals surface area contributed by atoms with E-state index in [2.05, 4.69) is 5.32 Å². The van der Waals surface area contributed by atoms with Crippen LogP contribution < -0.4 is 10.1 Å². The van der Waals surface area contributed by atoms with Crippen LogP contribution in [0.25, 0.3) is 5.69 Å². The van der Waals surface area contributed by atoms with E-state index in [1.807, 2.05) is 57.2 Å². The van der Waals surface area contributed by atoms with Gasteiger partial charge in [0, 0.05) is 23.6 Å². The second-order valence-corrected chi connectivity index (χ2v) is 10.9. The Balaban J connectivity index is 1.62. The Morgan fingerprint density at radius 2 is 1.64 bits per heavy atom. The minimum atomic E-state index is -0.366. The van der Waals surface area contributed by atoms with Crippen LogP contribution in [0.4, 0.5) is 5.82 Å². The molecule has 1 aromatic heterocycles. The molecule has 0 aliphatic rings. The number of methoxy groups -OCH3 is 1. The predicted octanol–water partition coefficient (Wildman–Crippen LogP) is 6.77. The molecule has 9 heteroatoms. The highest BCUT2D eigenvalue weighted by Gasteiger charge is 2.24. The summed E-state index contributed by atoms with van der Waals surface area (Å²) >= 11 is 12.4. The van der Waals surface area contributed by atoms with Gasteiger partial charge in [0.05, 0.1) is 28.5 Å². The van der Waals surface area contributed by atoms with E-state index in [0.717, 1.165) is 11.3 Å². The summed E-state index contributed by atoms with van der Waals surface area (Å²) in [5.74, 6) is 0.462. The zero-order chi connectivity index (χ0) is 28.2. The number of benzene rings is 3. The van der Waals surface area contributed by atoms with Crippen molar-refractivity contribution in [2.24, 2.45) is 0 Å². The van der Waals surface area contributed by atoms with Gasteiger partial charge in [-0.1, -0.05) is 74.3 Å². The fourth-order valence-corrected chi connectivity index (χ4v) is 4.22. The van der Waals surface area contributed by atoms with Gasteiger partial charge in [-0.2, -0.15) is 5.10 Å². The highest BCUT2D eigenvalue weighted by atomic mass is 35.5. The van der Waals surface area contributed by atoms with Gasteiger partial charge in [-0.3, -0.25) is 9.59 Å². The summed E-state index contributed by atoms with van der Waals surface area (Å²) in [5.41, 5.74) is 2.51. The lowest BCUT2D eigenvalue weighted by molar-refractivity contribution is -0.117. The number of anilines is 1. The van der Waals surface area contributed by atoms with Crippen molar-refractivity contribution < 1.29 is 14.3 Å². The first-order valence-electron chi connectivity index (χ1n) is 12.4. The Kier molecular flexibility index (Phi) is 8.63. The lowest BCUT2D eigenvalue weighted by atomic mass is 9.92. The molecule has 4 rings (SSSR count). The molecular weight excluding hydrogens is 535 g/mol. The van der Waals surface area contributed by atoms with Crippen LogP contribution in [0.2, 0.25) is 10.0 Å². The fraction of sp³-hybridized carbons (Fsp3) is 0.233. The smallest absolute Gasteiger partial charge is 0.254 e. The summed E-state index contributed by atoms with van der Waals surface area (Å²) in [6.45, 7) is 6.20. The third kappa shape index (κ3) is 6.99. The summed E-state index contributed by atoms with van der Waals surface area (Å²) in [5, 5.41) is 8.47. The Morgan fingerprint density at radius 1 is 0.949 bits per heavy atom. The first-order chi connectivity index (χ1) is 18.5. The maximum absolute atomic E-state index is 13.5. The van der Waals surface area contributed by atoms with Crippen LogP contribution in [0.5, 0.6) is 5.75 Å². The highest BCUT2D eigenvalue weighted by Crippen LogP contribution is 2.29. The van der Waals surface area contributed by atoms with Gasteiger partial charge in [0.1, 0.15) is 18.1 Å². The summed E-state index contributed by atoms with van der Waals surface area (Å²) in [7, 11) is 1.57. The van der Waals surface area contributed by atoms with E-state index in [9.17, 15) is 9.59 Å². The molecule has 1 heterocycles. The van der Waals surface area contributed by atoms with Crippen LogP contribution in [0.1, 0.15) is 42.4 Å². The number of aromatic nitrogens is 2. The normalized spacial score (nSPS) is 11.2. The van der Waals surface area contributed by atoms with Gasteiger partial charge in [-0.05, 0) is 48.0 Å². The van der Waals surface area contributed by atoms with Gasteiger partial charge >= 0.3 is 0 Å². The molecule has 0 unspecified atom stereocenters. The first kappa shape index (κ1) is 28.2. The van der Waals surface area contributed by atoms with E-state index < -0.39 is 0 Å². The molecule has 0 saturated carbocycles. The summed E-state index contributed by atoms with van der Waals surface area (Å²) in [6, 6.07) is 23.3. The SMILES string of the molecule is COc1ccc(C(=O)N(CC(=O)Nc2cc(C(C)(C)C)nn2-c2ccc(Cl)c(Cl)c2)Cc2ccccc2)cc1. The molecular formula is C30H30Cl2N4O3. The van der Waals surface area contributed by atoms with Crippen LogP contribution in [0.15, 0.2) is 78.9 Å². The van der Waals surface area contributed by atoms with Crippen molar-refractivity contribution >= 4 is 40.8 Å². The average molecular weight is 566 g/mol. The van der Waals surface area contributed by atoms with Crippen molar-refractivity contribution in [3.05, 3.63) is 106 Å². The maximum atomic E-state index is 13.5. The third-order valence-electron chi connectivity index (χ3n) is 6.07. The van der Waals surface area contributed by atoms with E-state index >= 15 is 0 Å². The molecule has 0 atom stereocenters. The molecule has 1 N–H and O–H groups in total. The largest absolute Gasteiger partial charge is 0.497 e. The number of amides is 2. The molecule has 4 aromatic rings. The number of rotatable bonds is 8. The quantitative estimate of drug-likeness (QED) is 0.256. The zero-order valence-electron chi connectivity index (χ0n) is 22.2. The van der Waals surface area contributed by atoms with Gasteiger partial charge in [0.15, 0.2) is 0 Å². The van der Waals surface area contributed by atoms with Crippen molar-refractivity contribution in [2.45, 2.75) is 32.7 Å². The molecule has 0 spiro atoms. The van der Waals surface area contributed by atoms with E-state index in [-0.39, 0.29) is 30.3 Å². The number of ether oxygens (including phenoxy) is 1. The molecule has 0 bridgehead atoms. The summed E-state index contributed by atoms with van der Waals surface area (Å²) < 4.78 is 6.83. The van der Waals surface area contributed by atoms with Crippen LogP contribution in [-0.2, 0) is 16.8 Å². The van der Waals surface area contributed by atoms with Crippen molar-refractivity contribution in [1.29, 1.82) is 0 Å². The predicted molar refractivity (Wildman–Crippen MR) is 155 cm³/mol. The molecule has 7 nitrogen and oxygen atoms in total. The number of nitrogens with zero attached hydrogens (tertiary/aromatic N) is 3. The Morgan fingerprint density at radius 3 is 2.26 bits per heavy atom. The van der Waals surface area contributed by atoms with Crippen molar-refractivity contribution in [2.75, 3.05) is 19.0 Å². The third-order valence-corrected chi connectivity index (χ3v) is 6.81. The molecule has 0 fully saturated rings. The van der Waals surface area contributed by atoms with E-state index in [0.29, 0.717) is 32.9 Å². The number of hydrogen-bond acceptors (Lipinski definition) is 4. The number of nitrogens with one attached hydrogen (secondary N) is 1. The van der Waals surface area contributed by atoms with E-state index in [1.54, 1.807) is 54.3 Å². The number of halogens is 2. The molecule has 202 valence electrons. The molecule has 2 amide bonds. The number of carbonyl (C=O) groups excluding carboxylic acids is 2. The molecule has 3 aromatic carbocycles. The fourth-order valence-electron chi connectivity index (χ4n) is 3.93. The standard InChI is InChI=1S/C30H30Cl2N4O3/c1-30(2,3)26-17-27(36(34-26)22-12-15-24(31)25(32)16-22)33-28(37)19-35(18-20-8-6-5-7-9-20)29(38)21-10-13-23(39-4)14-11-21/h5-17H,18-19H2,1-4H3,(H,33,37). The van der Waals surface area contributed by atoms with E-state index in [1.165, 1.54) is 4.90 Å². The Labute approximate surface area is 238 Å². The van der Waals surface area contributed by atoms with Gasteiger partial charge in [-0.15, -0.1) is 0 Å². The second-order valence-electron chi connectivity index (χ2n) is 10.1. The lowest BCUT2D eigenvalue weighted by Crippen LogP contribution is -2.37. The monoisotopic (exact) mass is 564 g/mol. The summed E-state index contributed by atoms with van der Waals surface area (Å²) in [4.78, 5) is 28.4. The Bertz CT molecular complexity index is 1460. The van der Waals surface area contributed by atoms with Crippen molar-refractivity contribution in [1.82, 2.24) is 14.7 Å². The van der Waals surface area contributed by atoms with Crippen molar-refractivity contribution in [3.8, 4) is 11.4 Å². The minimum Gasteiger partial charge on any atom is -0.497 e. The first-order valence-corrected chi connectivity index (χ1v) is 13.1. The molecule has 0 radical (unpaired) electrons. The molecule has 0 aliphatic carbocycles. The van der Waals surface area contributed by atoms with Crippen LogP contribution in [0.3, 0.4) is 0 Å². The minimum absolute atomic E-state index is 0.169. The topological polar surface area (TPSA) is 76.5 Å². The summed E-state index contributed by atoms with van der Waals surface area (Å²) in [6.07, 6.45) is 0. The lowest BCUT2D eigenvalue weighted by Gasteiger charge is -2.23. The highest BCUT2D eigenvalue weighted by molar-refractivity contribution is 6.42. The van der Waals surface area contributed by atoms with Crippen molar-refractivity contribution in [3.63, 3.8) is 0 Å².